The summed E-state index contributed by atoms with van der Waals surface area (Å²) in [6, 6.07) is 8.10. The number of aliphatic hydroxyl groups excluding tert-OH is 1. The highest BCUT2D eigenvalue weighted by Crippen LogP contribution is 2.18. The fourth-order valence-corrected chi connectivity index (χ4v) is 4.89. The van der Waals surface area contributed by atoms with Crippen molar-refractivity contribution in [3.05, 3.63) is 29.8 Å². The molecule has 0 saturated heterocycles. The van der Waals surface area contributed by atoms with Gasteiger partial charge >= 0.3 is 5.97 Å². The van der Waals surface area contributed by atoms with Crippen molar-refractivity contribution < 1.29 is 14.6 Å². The number of benzene rings is 1. The van der Waals surface area contributed by atoms with Gasteiger partial charge in [0.15, 0.2) is 0 Å². The molecule has 0 saturated carbocycles. The molecule has 36 heavy (non-hydrogen) atoms. The zero-order chi connectivity index (χ0) is 26.1. The minimum absolute atomic E-state index is 0.0814. The summed E-state index contributed by atoms with van der Waals surface area (Å²) in [5.41, 5.74) is 1.28. The predicted octanol–water partition coefficient (Wildman–Crippen LogP) is 10.1. The van der Waals surface area contributed by atoms with Crippen LogP contribution in [0.4, 0.5) is 0 Å². The van der Waals surface area contributed by atoms with Crippen LogP contribution in [0.5, 0.6) is 5.75 Å². The Morgan fingerprint density at radius 2 is 1.19 bits per heavy atom. The number of hydrogen-bond donors (Lipinski definition) is 1. The third-order valence-electron chi connectivity index (χ3n) is 7.26. The van der Waals surface area contributed by atoms with E-state index in [1.165, 1.54) is 108 Å². The summed E-state index contributed by atoms with van der Waals surface area (Å²) >= 11 is 0. The topological polar surface area (TPSA) is 46.5 Å². The summed E-state index contributed by atoms with van der Waals surface area (Å²) in [5, 5.41) is 9.97. The van der Waals surface area contributed by atoms with Gasteiger partial charge in [-0.25, -0.2) is 0 Å². The Hall–Kier alpha value is -1.35. The van der Waals surface area contributed by atoms with Gasteiger partial charge in [-0.15, -0.1) is 0 Å². The quantitative estimate of drug-likeness (QED) is 0.0821. The van der Waals surface area contributed by atoms with Crippen LogP contribution in [0, 0.1) is 0 Å². The molecule has 0 aliphatic rings. The molecule has 0 heterocycles. The Kier molecular flexibility index (Phi) is 21.8. The fourth-order valence-electron chi connectivity index (χ4n) is 4.89. The SMILES string of the molecule is CCCCCCCCCc1cccc(OC(=O)CCCCCCCCCCCC(O)CCCCC)c1. The number of hydrogen-bond acceptors (Lipinski definition) is 3. The molecule has 0 fully saturated rings. The summed E-state index contributed by atoms with van der Waals surface area (Å²) in [4.78, 5) is 12.2. The Labute approximate surface area is 223 Å². The van der Waals surface area contributed by atoms with Crippen LogP contribution in [0.1, 0.15) is 161 Å². The molecular formula is C33H58O3. The van der Waals surface area contributed by atoms with Gasteiger partial charge in [0.2, 0.25) is 0 Å². The molecule has 1 N–H and O–H groups in total. The van der Waals surface area contributed by atoms with Crippen LogP contribution in [0.3, 0.4) is 0 Å². The maximum Gasteiger partial charge on any atom is 0.311 e. The van der Waals surface area contributed by atoms with Crippen molar-refractivity contribution in [1.29, 1.82) is 0 Å². The van der Waals surface area contributed by atoms with Gasteiger partial charge in [0.25, 0.3) is 0 Å². The van der Waals surface area contributed by atoms with Crippen LogP contribution in [-0.2, 0) is 11.2 Å². The van der Waals surface area contributed by atoms with Gasteiger partial charge in [0.1, 0.15) is 5.75 Å². The Bertz CT molecular complexity index is 627. The molecule has 1 unspecified atom stereocenters. The lowest BCUT2D eigenvalue weighted by atomic mass is 10.0. The summed E-state index contributed by atoms with van der Waals surface area (Å²) in [6.45, 7) is 4.47. The Morgan fingerprint density at radius 3 is 1.83 bits per heavy atom. The van der Waals surface area contributed by atoms with E-state index in [0.29, 0.717) is 12.2 Å². The maximum atomic E-state index is 12.2. The van der Waals surface area contributed by atoms with Crippen molar-refractivity contribution in [2.45, 2.75) is 168 Å². The molecule has 0 bridgehead atoms. The van der Waals surface area contributed by atoms with Crippen molar-refractivity contribution in [2.75, 3.05) is 0 Å². The van der Waals surface area contributed by atoms with E-state index in [-0.39, 0.29) is 12.1 Å². The molecule has 0 amide bonds. The number of carbonyl (C=O) groups is 1. The average molecular weight is 503 g/mol. The van der Waals surface area contributed by atoms with E-state index in [1.807, 2.05) is 18.2 Å². The highest BCUT2D eigenvalue weighted by Gasteiger charge is 2.06. The highest BCUT2D eigenvalue weighted by molar-refractivity contribution is 5.72. The lowest BCUT2D eigenvalue weighted by Crippen LogP contribution is -2.07. The number of rotatable bonds is 25. The standard InChI is InChI=1S/C33H58O3/c1-3-5-7-8-12-15-19-23-30-24-22-27-32(29-30)36-33(35)28-21-17-14-11-9-10-13-16-20-26-31(34)25-18-6-4-2/h22,24,27,29,31,34H,3-21,23,25-26,28H2,1-2H3. The second-order valence-corrected chi connectivity index (χ2v) is 10.9. The number of unbranched alkanes of at least 4 members (excludes halogenated alkanes) is 16. The predicted molar refractivity (Wildman–Crippen MR) is 155 cm³/mol. The largest absolute Gasteiger partial charge is 0.427 e. The van der Waals surface area contributed by atoms with Crippen molar-refractivity contribution in [3.63, 3.8) is 0 Å². The lowest BCUT2D eigenvalue weighted by molar-refractivity contribution is -0.134. The molecule has 0 spiro atoms. The third-order valence-corrected chi connectivity index (χ3v) is 7.26. The van der Waals surface area contributed by atoms with E-state index >= 15 is 0 Å². The monoisotopic (exact) mass is 502 g/mol. The molecule has 208 valence electrons. The number of ether oxygens (including phenoxy) is 1. The maximum absolute atomic E-state index is 12.2. The molecule has 3 nitrogen and oxygen atoms in total. The van der Waals surface area contributed by atoms with Gasteiger partial charge in [-0.3, -0.25) is 4.79 Å². The number of esters is 1. The van der Waals surface area contributed by atoms with Crippen LogP contribution in [0.15, 0.2) is 24.3 Å². The molecule has 0 radical (unpaired) electrons. The summed E-state index contributed by atoms with van der Waals surface area (Å²) in [6.07, 6.45) is 27.1. The van der Waals surface area contributed by atoms with E-state index in [2.05, 4.69) is 19.9 Å². The van der Waals surface area contributed by atoms with Gasteiger partial charge in [-0.2, -0.15) is 0 Å². The number of aliphatic hydroxyl groups is 1. The summed E-state index contributed by atoms with van der Waals surface area (Å²) < 4.78 is 5.60. The number of carbonyl (C=O) groups excluding carboxylic acids is 1. The van der Waals surface area contributed by atoms with E-state index < -0.39 is 0 Å². The summed E-state index contributed by atoms with van der Waals surface area (Å²) in [5.74, 6) is 0.605. The fraction of sp³-hybridized carbons (Fsp3) is 0.788. The van der Waals surface area contributed by atoms with Gasteiger partial charge in [0.05, 0.1) is 6.10 Å². The minimum atomic E-state index is -0.0973. The van der Waals surface area contributed by atoms with Crippen LogP contribution < -0.4 is 4.74 Å². The highest BCUT2D eigenvalue weighted by atomic mass is 16.5. The van der Waals surface area contributed by atoms with Crippen LogP contribution in [0.25, 0.3) is 0 Å². The van der Waals surface area contributed by atoms with E-state index in [0.717, 1.165) is 38.5 Å². The second-order valence-electron chi connectivity index (χ2n) is 10.9. The van der Waals surface area contributed by atoms with Gasteiger partial charge in [-0.1, -0.05) is 135 Å². The van der Waals surface area contributed by atoms with Crippen LogP contribution in [-0.4, -0.2) is 17.2 Å². The molecule has 1 aromatic rings. The number of aryl methyl sites for hydroxylation is 1. The first-order valence-electron chi connectivity index (χ1n) is 15.6. The molecular weight excluding hydrogens is 444 g/mol. The average Bonchev–Trinajstić information content (AvgIpc) is 2.87. The van der Waals surface area contributed by atoms with Gasteiger partial charge in [0, 0.05) is 6.42 Å². The first-order chi connectivity index (χ1) is 17.7. The zero-order valence-electron chi connectivity index (χ0n) is 23.9. The van der Waals surface area contributed by atoms with Crippen molar-refractivity contribution >= 4 is 5.97 Å². The van der Waals surface area contributed by atoms with Crippen molar-refractivity contribution in [3.8, 4) is 5.75 Å². The van der Waals surface area contributed by atoms with Crippen LogP contribution >= 0.6 is 0 Å². The second kappa shape index (κ2) is 24.0. The molecule has 3 heteroatoms. The smallest absolute Gasteiger partial charge is 0.311 e. The van der Waals surface area contributed by atoms with Gasteiger partial charge in [-0.05, 0) is 49.8 Å². The lowest BCUT2D eigenvalue weighted by Gasteiger charge is -2.09. The molecule has 0 aromatic heterocycles. The normalized spacial score (nSPS) is 12.1. The Balaban J connectivity index is 1.97. The van der Waals surface area contributed by atoms with Crippen molar-refractivity contribution in [2.24, 2.45) is 0 Å². The van der Waals surface area contributed by atoms with E-state index in [9.17, 15) is 9.90 Å². The summed E-state index contributed by atoms with van der Waals surface area (Å²) in [7, 11) is 0. The molecule has 1 atom stereocenters. The van der Waals surface area contributed by atoms with Gasteiger partial charge < -0.3 is 9.84 Å². The first kappa shape index (κ1) is 32.7. The molecule has 0 aliphatic carbocycles. The third kappa shape index (κ3) is 19.8. The minimum Gasteiger partial charge on any atom is -0.427 e. The first-order valence-corrected chi connectivity index (χ1v) is 15.6. The van der Waals surface area contributed by atoms with Crippen LogP contribution in [0.2, 0.25) is 0 Å². The van der Waals surface area contributed by atoms with Crippen molar-refractivity contribution in [1.82, 2.24) is 0 Å². The van der Waals surface area contributed by atoms with E-state index in [1.54, 1.807) is 0 Å². The van der Waals surface area contributed by atoms with E-state index in [4.69, 9.17) is 4.74 Å². The molecule has 1 aromatic carbocycles. The zero-order valence-corrected chi connectivity index (χ0v) is 23.9. The molecule has 0 aliphatic heterocycles. The molecule has 1 rings (SSSR count). The Morgan fingerprint density at radius 1 is 0.694 bits per heavy atom.